The van der Waals surface area contributed by atoms with E-state index in [9.17, 15) is 14.9 Å². The van der Waals surface area contributed by atoms with Gasteiger partial charge in [-0.05, 0) is 37.5 Å². The highest BCUT2D eigenvalue weighted by Gasteiger charge is 2.12. The van der Waals surface area contributed by atoms with Gasteiger partial charge in [-0.15, -0.1) is 0 Å². The number of nitrogens with zero attached hydrogens (tertiary/aromatic N) is 2. The van der Waals surface area contributed by atoms with Crippen molar-refractivity contribution < 1.29 is 9.66 Å². The van der Waals surface area contributed by atoms with Crippen molar-refractivity contribution in [1.29, 1.82) is 0 Å². The molecule has 122 valence electrons. The summed E-state index contributed by atoms with van der Waals surface area (Å²) in [7, 11) is 0. The van der Waals surface area contributed by atoms with Crippen LogP contribution < -0.4 is 10.3 Å². The fourth-order valence-corrected chi connectivity index (χ4v) is 2.27. The zero-order valence-electron chi connectivity index (χ0n) is 13.3. The van der Waals surface area contributed by atoms with E-state index in [1.54, 1.807) is 6.92 Å². The zero-order valence-corrected chi connectivity index (χ0v) is 13.3. The van der Waals surface area contributed by atoms with E-state index in [4.69, 9.17) is 4.74 Å². The molecule has 0 saturated heterocycles. The molecule has 23 heavy (non-hydrogen) atoms. The number of benzene rings is 1. The van der Waals surface area contributed by atoms with Crippen LogP contribution in [0.1, 0.15) is 24.5 Å². The predicted molar refractivity (Wildman–Crippen MR) is 88.0 cm³/mol. The van der Waals surface area contributed by atoms with E-state index >= 15 is 0 Å². The minimum Gasteiger partial charge on any atom is -0.494 e. The average Bonchev–Trinajstić information content (AvgIpc) is 2.53. The number of hydrogen-bond donors (Lipinski definition) is 0. The second kappa shape index (κ2) is 7.58. The third-order valence-corrected chi connectivity index (χ3v) is 3.65. The van der Waals surface area contributed by atoms with E-state index < -0.39 is 4.92 Å². The van der Waals surface area contributed by atoms with Gasteiger partial charge < -0.3 is 9.30 Å². The Kier molecular flexibility index (Phi) is 5.51. The molecule has 0 aliphatic heterocycles. The van der Waals surface area contributed by atoms with Gasteiger partial charge in [0, 0.05) is 18.2 Å². The Morgan fingerprint density at radius 3 is 2.57 bits per heavy atom. The molecule has 1 heterocycles. The zero-order chi connectivity index (χ0) is 16.8. The summed E-state index contributed by atoms with van der Waals surface area (Å²) in [5.74, 6) is 0.782. The molecule has 0 amide bonds. The molecule has 0 unspecified atom stereocenters. The van der Waals surface area contributed by atoms with E-state index in [0.717, 1.165) is 12.2 Å². The highest BCUT2D eigenvalue weighted by atomic mass is 16.6. The van der Waals surface area contributed by atoms with Crippen molar-refractivity contribution in [2.24, 2.45) is 0 Å². The van der Waals surface area contributed by atoms with Crippen LogP contribution in [0, 0.1) is 17.0 Å². The molecule has 2 aromatic rings. The largest absolute Gasteiger partial charge is 0.494 e. The molecule has 0 bridgehead atoms. The highest BCUT2D eigenvalue weighted by molar-refractivity contribution is 5.35. The minimum absolute atomic E-state index is 0.0410. The lowest BCUT2D eigenvalue weighted by molar-refractivity contribution is -0.385. The summed E-state index contributed by atoms with van der Waals surface area (Å²) >= 11 is 0. The van der Waals surface area contributed by atoms with Gasteiger partial charge in [0.05, 0.1) is 17.7 Å². The number of pyridine rings is 1. The lowest BCUT2D eigenvalue weighted by atomic mass is 10.2. The average molecular weight is 316 g/mol. The SMILES string of the molecule is CCc1ccc(OCCCn2cc([N+](=O)[O-])c(C)cc2=O)cc1. The Balaban J connectivity index is 1.92. The first-order valence-corrected chi connectivity index (χ1v) is 7.58. The van der Waals surface area contributed by atoms with E-state index in [1.807, 2.05) is 24.3 Å². The third kappa shape index (κ3) is 4.42. The van der Waals surface area contributed by atoms with E-state index in [-0.39, 0.29) is 11.2 Å². The molecule has 6 heteroatoms. The topological polar surface area (TPSA) is 74.4 Å². The van der Waals surface area contributed by atoms with Crippen molar-refractivity contribution in [3.8, 4) is 5.75 Å². The maximum absolute atomic E-state index is 11.8. The summed E-state index contributed by atoms with van der Waals surface area (Å²) in [4.78, 5) is 22.3. The lowest BCUT2D eigenvalue weighted by Crippen LogP contribution is -2.21. The van der Waals surface area contributed by atoms with Crippen LogP contribution in [0.25, 0.3) is 0 Å². The number of ether oxygens (including phenoxy) is 1. The highest BCUT2D eigenvalue weighted by Crippen LogP contribution is 2.15. The van der Waals surface area contributed by atoms with Gasteiger partial charge in [-0.3, -0.25) is 14.9 Å². The summed E-state index contributed by atoms with van der Waals surface area (Å²) < 4.78 is 6.98. The van der Waals surface area contributed by atoms with Crippen LogP contribution in [0.15, 0.2) is 41.3 Å². The first kappa shape index (κ1) is 16.7. The summed E-state index contributed by atoms with van der Waals surface area (Å²) in [6.45, 7) is 4.48. The normalized spacial score (nSPS) is 10.5. The molecule has 0 radical (unpaired) electrons. The van der Waals surface area contributed by atoms with Gasteiger partial charge in [0.1, 0.15) is 5.75 Å². The maximum Gasteiger partial charge on any atom is 0.288 e. The predicted octanol–water partition coefficient (Wildman–Crippen LogP) is 3.10. The molecule has 6 nitrogen and oxygen atoms in total. The van der Waals surface area contributed by atoms with Crippen molar-refractivity contribution in [3.05, 3.63) is 68.1 Å². The van der Waals surface area contributed by atoms with Crippen LogP contribution >= 0.6 is 0 Å². The number of rotatable bonds is 7. The Labute approximate surface area is 134 Å². The molecule has 0 spiro atoms. The quantitative estimate of drug-likeness (QED) is 0.447. The van der Waals surface area contributed by atoms with Crippen LogP contribution in [0.3, 0.4) is 0 Å². The van der Waals surface area contributed by atoms with Crippen molar-refractivity contribution in [2.45, 2.75) is 33.2 Å². The minimum atomic E-state index is -0.475. The van der Waals surface area contributed by atoms with Crippen LogP contribution in [0.2, 0.25) is 0 Å². The summed E-state index contributed by atoms with van der Waals surface area (Å²) in [6.07, 6.45) is 2.87. The Morgan fingerprint density at radius 1 is 1.26 bits per heavy atom. The monoisotopic (exact) mass is 316 g/mol. The fourth-order valence-electron chi connectivity index (χ4n) is 2.27. The van der Waals surface area contributed by atoms with Crippen molar-refractivity contribution >= 4 is 5.69 Å². The van der Waals surface area contributed by atoms with Gasteiger partial charge in [0.15, 0.2) is 0 Å². The van der Waals surface area contributed by atoms with E-state index in [1.165, 1.54) is 22.4 Å². The molecular formula is C17H20N2O4. The molecular weight excluding hydrogens is 296 g/mol. The van der Waals surface area contributed by atoms with Crippen molar-refractivity contribution in [2.75, 3.05) is 6.61 Å². The molecule has 0 fully saturated rings. The van der Waals surface area contributed by atoms with Crippen LogP contribution in [-0.2, 0) is 13.0 Å². The van der Waals surface area contributed by atoms with Gasteiger partial charge in [0.2, 0.25) is 0 Å². The second-order valence-electron chi connectivity index (χ2n) is 5.33. The van der Waals surface area contributed by atoms with Crippen molar-refractivity contribution in [1.82, 2.24) is 4.57 Å². The molecule has 0 aliphatic carbocycles. The maximum atomic E-state index is 11.8. The molecule has 0 N–H and O–H groups in total. The smallest absolute Gasteiger partial charge is 0.288 e. The molecule has 0 aliphatic rings. The van der Waals surface area contributed by atoms with Crippen molar-refractivity contribution in [3.63, 3.8) is 0 Å². The summed E-state index contributed by atoms with van der Waals surface area (Å²) in [5, 5.41) is 10.9. The number of hydrogen-bond acceptors (Lipinski definition) is 4. The Morgan fingerprint density at radius 2 is 1.96 bits per heavy atom. The van der Waals surface area contributed by atoms with E-state index in [2.05, 4.69) is 6.92 Å². The van der Waals surface area contributed by atoms with Gasteiger partial charge in [0.25, 0.3) is 11.2 Å². The molecule has 1 aromatic heterocycles. The van der Waals surface area contributed by atoms with Gasteiger partial charge in [-0.2, -0.15) is 0 Å². The second-order valence-corrected chi connectivity index (χ2v) is 5.33. The third-order valence-electron chi connectivity index (χ3n) is 3.65. The standard InChI is InChI=1S/C17H20N2O4/c1-3-14-5-7-15(8-6-14)23-10-4-9-18-12-16(19(21)22)13(2)11-17(18)20/h5-8,11-12H,3-4,9-10H2,1-2H3. The van der Waals surface area contributed by atoms with E-state index in [0.29, 0.717) is 25.1 Å². The van der Waals surface area contributed by atoms with Gasteiger partial charge >= 0.3 is 0 Å². The van der Waals surface area contributed by atoms with Crippen LogP contribution in [0.4, 0.5) is 5.69 Å². The van der Waals surface area contributed by atoms with Crippen LogP contribution in [0.5, 0.6) is 5.75 Å². The summed E-state index contributed by atoms with van der Waals surface area (Å²) in [6, 6.07) is 9.16. The molecule has 0 atom stereocenters. The first-order valence-electron chi connectivity index (χ1n) is 7.58. The molecule has 1 aromatic carbocycles. The number of aromatic nitrogens is 1. The Bertz CT molecular complexity index is 735. The molecule has 0 saturated carbocycles. The number of aryl methyl sites for hydroxylation is 3. The van der Waals surface area contributed by atoms with Crippen LogP contribution in [-0.4, -0.2) is 16.1 Å². The first-order chi connectivity index (χ1) is 11.0. The number of nitro groups is 1. The lowest BCUT2D eigenvalue weighted by Gasteiger charge is -2.09. The fraction of sp³-hybridized carbons (Fsp3) is 0.353. The van der Waals surface area contributed by atoms with Gasteiger partial charge in [-0.25, -0.2) is 0 Å². The molecule has 2 rings (SSSR count). The summed E-state index contributed by atoms with van der Waals surface area (Å²) in [5.41, 5.74) is 1.35. The van der Waals surface area contributed by atoms with Gasteiger partial charge in [-0.1, -0.05) is 19.1 Å². The Hall–Kier alpha value is -2.63.